The van der Waals surface area contributed by atoms with Crippen molar-refractivity contribution in [2.75, 3.05) is 5.32 Å². The van der Waals surface area contributed by atoms with Crippen LogP contribution in [0.15, 0.2) is 40.9 Å². The van der Waals surface area contributed by atoms with E-state index in [1.54, 1.807) is 6.07 Å². The van der Waals surface area contributed by atoms with Gasteiger partial charge in [0.1, 0.15) is 11.9 Å². The van der Waals surface area contributed by atoms with Crippen molar-refractivity contribution >= 4 is 27.3 Å². The first-order valence-corrected chi connectivity index (χ1v) is 6.44. The minimum Gasteiger partial charge on any atom is -0.354 e. The monoisotopic (exact) mass is 358 g/mol. The summed E-state index contributed by atoms with van der Waals surface area (Å²) in [4.78, 5) is 0. The van der Waals surface area contributed by atoms with Gasteiger partial charge in [-0.2, -0.15) is 18.4 Å². The van der Waals surface area contributed by atoms with Crippen LogP contribution >= 0.6 is 15.9 Å². The van der Waals surface area contributed by atoms with E-state index in [1.807, 2.05) is 0 Å². The topological polar surface area (TPSA) is 35.8 Å². The molecule has 0 amide bonds. The molecule has 0 atom stereocenters. The fourth-order valence-corrected chi connectivity index (χ4v) is 2.17. The van der Waals surface area contributed by atoms with Crippen LogP contribution in [0.3, 0.4) is 0 Å². The maximum atomic E-state index is 13.0. The highest BCUT2D eigenvalue weighted by Crippen LogP contribution is 2.37. The minimum absolute atomic E-state index is 0.00600. The van der Waals surface area contributed by atoms with Crippen molar-refractivity contribution in [1.82, 2.24) is 0 Å². The summed E-state index contributed by atoms with van der Waals surface area (Å²) in [7, 11) is 0. The molecular formula is C14H7BrF4N2. The summed E-state index contributed by atoms with van der Waals surface area (Å²) in [5, 5.41) is 11.6. The number of alkyl halides is 3. The molecule has 1 N–H and O–H groups in total. The molecule has 21 heavy (non-hydrogen) atoms. The second-order valence-corrected chi connectivity index (χ2v) is 4.97. The molecule has 2 aromatic carbocycles. The Bertz CT molecular complexity index is 720. The summed E-state index contributed by atoms with van der Waals surface area (Å²) in [6, 6.07) is 8.78. The van der Waals surface area contributed by atoms with Crippen molar-refractivity contribution in [3.63, 3.8) is 0 Å². The summed E-state index contributed by atoms with van der Waals surface area (Å²) >= 11 is 2.84. The molecule has 2 aromatic rings. The molecule has 0 spiro atoms. The molecule has 0 aliphatic rings. The van der Waals surface area contributed by atoms with Gasteiger partial charge in [0.25, 0.3) is 0 Å². The van der Waals surface area contributed by atoms with Crippen molar-refractivity contribution in [3.05, 3.63) is 57.8 Å². The Morgan fingerprint density at radius 3 is 2.43 bits per heavy atom. The van der Waals surface area contributed by atoms with E-state index in [0.29, 0.717) is 0 Å². The molecule has 108 valence electrons. The maximum Gasteiger partial charge on any atom is 0.417 e. The third-order valence-corrected chi connectivity index (χ3v) is 3.34. The maximum absolute atomic E-state index is 13.0. The third-order valence-electron chi connectivity index (χ3n) is 2.65. The van der Waals surface area contributed by atoms with Crippen LogP contribution in [0.25, 0.3) is 0 Å². The number of nitriles is 1. The van der Waals surface area contributed by atoms with E-state index in [1.165, 1.54) is 18.2 Å². The molecule has 0 unspecified atom stereocenters. The lowest BCUT2D eigenvalue weighted by molar-refractivity contribution is -0.138. The van der Waals surface area contributed by atoms with E-state index in [0.717, 1.165) is 18.2 Å². The lowest BCUT2D eigenvalue weighted by atomic mass is 10.1. The average molecular weight is 359 g/mol. The van der Waals surface area contributed by atoms with E-state index in [2.05, 4.69) is 21.2 Å². The zero-order chi connectivity index (χ0) is 15.6. The average Bonchev–Trinajstić information content (AvgIpc) is 2.41. The van der Waals surface area contributed by atoms with Gasteiger partial charge in [-0.15, -0.1) is 0 Å². The Hall–Kier alpha value is -2.07. The van der Waals surface area contributed by atoms with Gasteiger partial charge in [0.05, 0.1) is 16.8 Å². The van der Waals surface area contributed by atoms with Gasteiger partial charge in [-0.3, -0.25) is 0 Å². The number of benzene rings is 2. The largest absolute Gasteiger partial charge is 0.417 e. The standard InChI is InChI=1S/C14H7BrF4N2/c15-12-3-2-10(6-11(12)14(17,18)19)21-13-4-1-9(16)5-8(13)7-20/h1-6,21H. The highest BCUT2D eigenvalue weighted by Gasteiger charge is 2.33. The number of nitrogens with zero attached hydrogens (tertiary/aromatic N) is 1. The Morgan fingerprint density at radius 2 is 1.81 bits per heavy atom. The van der Waals surface area contributed by atoms with Crippen molar-refractivity contribution < 1.29 is 17.6 Å². The quantitative estimate of drug-likeness (QED) is 0.746. The van der Waals surface area contributed by atoms with Gasteiger partial charge in [-0.1, -0.05) is 15.9 Å². The van der Waals surface area contributed by atoms with Crippen LogP contribution in [0, 0.1) is 17.1 Å². The summed E-state index contributed by atoms with van der Waals surface area (Å²) in [5.74, 6) is -0.594. The number of anilines is 2. The molecule has 0 saturated heterocycles. The van der Waals surface area contributed by atoms with Crippen LogP contribution in [-0.4, -0.2) is 0 Å². The van der Waals surface area contributed by atoms with Crippen LogP contribution in [-0.2, 0) is 6.18 Å². The summed E-state index contributed by atoms with van der Waals surface area (Å²) in [6.45, 7) is 0. The fourth-order valence-electron chi connectivity index (χ4n) is 1.69. The molecule has 0 aliphatic heterocycles. The van der Waals surface area contributed by atoms with Gasteiger partial charge < -0.3 is 5.32 Å². The molecule has 2 nitrogen and oxygen atoms in total. The van der Waals surface area contributed by atoms with Gasteiger partial charge in [0.15, 0.2) is 0 Å². The van der Waals surface area contributed by atoms with Crippen molar-refractivity contribution in [2.24, 2.45) is 0 Å². The predicted octanol–water partition coefficient (Wildman–Crippen LogP) is 5.22. The Balaban J connectivity index is 2.40. The molecule has 0 heterocycles. The molecule has 0 radical (unpaired) electrons. The molecule has 7 heteroatoms. The van der Waals surface area contributed by atoms with Gasteiger partial charge >= 0.3 is 6.18 Å². The molecule has 0 aliphatic carbocycles. The molecule has 0 fully saturated rings. The number of rotatable bonds is 2. The van der Waals surface area contributed by atoms with Crippen molar-refractivity contribution in [3.8, 4) is 6.07 Å². The smallest absolute Gasteiger partial charge is 0.354 e. The van der Waals surface area contributed by atoms with E-state index >= 15 is 0 Å². The molecule has 0 aromatic heterocycles. The number of nitrogens with one attached hydrogen (secondary N) is 1. The van der Waals surface area contributed by atoms with E-state index in [4.69, 9.17) is 5.26 Å². The third kappa shape index (κ3) is 3.52. The highest BCUT2D eigenvalue weighted by atomic mass is 79.9. The second kappa shape index (κ2) is 5.74. The SMILES string of the molecule is N#Cc1cc(F)ccc1Nc1ccc(Br)c(C(F)(F)F)c1. The number of hydrogen-bond acceptors (Lipinski definition) is 2. The minimum atomic E-state index is -4.50. The Labute approximate surface area is 126 Å². The number of halogens is 5. The first kappa shape index (κ1) is 15.3. The van der Waals surface area contributed by atoms with Gasteiger partial charge in [0.2, 0.25) is 0 Å². The number of hydrogen-bond donors (Lipinski definition) is 1. The zero-order valence-electron chi connectivity index (χ0n) is 10.3. The van der Waals surface area contributed by atoms with E-state index in [9.17, 15) is 17.6 Å². The molecule has 2 rings (SSSR count). The van der Waals surface area contributed by atoms with Crippen molar-refractivity contribution in [2.45, 2.75) is 6.18 Å². The van der Waals surface area contributed by atoms with Crippen LogP contribution in [0.4, 0.5) is 28.9 Å². The molecule has 0 bridgehead atoms. The Kier molecular flexibility index (Phi) is 4.19. The van der Waals surface area contributed by atoms with E-state index < -0.39 is 17.6 Å². The second-order valence-electron chi connectivity index (χ2n) is 4.12. The summed E-state index contributed by atoms with van der Waals surface area (Å²) in [5.41, 5.74) is -0.456. The fraction of sp³-hybridized carbons (Fsp3) is 0.0714. The van der Waals surface area contributed by atoms with Crippen LogP contribution in [0.5, 0.6) is 0 Å². The van der Waals surface area contributed by atoms with Gasteiger partial charge in [-0.25, -0.2) is 4.39 Å². The lowest BCUT2D eigenvalue weighted by Gasteiger charge is -2.13. The van der Waals surface area contributed by atoms with Crippen LogP contribution in [0.2, 0.25) is 0 Å². The first-order chi connectivity index (χ1) is 9.81. The molecule has 0 saturated carbocycles. The summed E-state index contributed by atoms with van der Waals surface area (Å²) in [6.07, 6.45) is -4.50. The molecular weight excluding hydrogens is 352 g/mol. The Morgan fingerprint density at radius 1 is 1.10 bits per heavy atom. The normalized spacial score (nSPS) is 11.0. The van der Waals surface area contributed by atoms with E-state index in [-0.39, 0.29) is 21.4 Å². The van der Waals surface area contributed by atoms with Crippen molar-refractivity contribution in [1.29, 1.82) is 5.26 Å². The van der Waals surface area contributed by atoms with Gasteiger partial charge in [0, 0.05) is 10.2 Å². The van der Waals surface area contributed by atoms with Crippen LogP contribution in [0.1, 0.15) is 11.1 Å². The predicted molar refractivity (Wildman–Crippen MR) is 73.5 cm³/mol. The zero-order valence-corrected chi connectivity index (χ0v) is 11.9. The van der Waals surface area contributed by atoms with Gasteiger partial charge in [-0.05, 0) is 36.4 Å². The highest BCUT2D eigenvalue weighted by molar-refractivity contribution is 9.10. The summed E-state index contributed by atoms with van der Waals surface area (Å²) < 4.78 is 51.3. The lowest BCUT2D eigenvalue weighted by Crippen LogP contribution is -2.07. The first-order valence-electron chi connectivity index (χ1n) is 5.64. The van der Waals surface area contributed by atoms with Crippen LogP contribution < -0.4 is 5.32 Å².